The molecule has 14 heteroatoms. The molecule has 4 amide bonds. The van der Waals surface area contributed by atoms with Crippen LogP contribution in [0.3, 0.4) is 0 Å². The van der Waals surface area contributed by atoms with Crippen LogP contribution in [0.2, 0.25) is 0 Å². The average Bonchev–Trinajstić information content (AvgIpc) is 4.18. The lowest BCUT2D eigenvalue weighted by atomic mass is 10.0. The van der Waals surface area contributed by atoms with Crippen molar-refractivity contribution >= 4 is 24.0 Å². The van der Waals surface area contributed by atoms with Gasteiger partial charge in [-0.3, -0.25) is 9.59 Å². The molecule has 4 atom stereocenters. The van der Waals surface area contributed by atoms with Crippen molar-refractivity contribution in [3.8, 4) is 34.4 Å². The molecule has 0 spiro atoms. The van der Waals surface area contributed by atoms with E-state index in [1.807, 2.05) is 109 Å². The van der Waals surface area contributed by atoms with E-state index < -0.39 is 24.3 Å². The lowest BCUT2D eigenvalue weighted by Gasteiger charge is -2.28. The number of ether oxygens (including phenoxy) is 2. The summed E-state index contributed by atoms with van der Waals surface area (Å²) in [4.78, 5) is 72.6. The van der Waals surface area contributed by atoms with E-state index >= 15 is 0 Å². The molecule has 0 unspecified atom stereocenters. The molecule has 0 saturated carbocycles. The molecule has 4 aromatic carbocycles. The molecular weight excluding hydrogens is 809 g/mol. The van der Waals surface area contributed by atoms with Crippen molar-refractivity contribution in [2.24, 2.45) is 0 Å². The van der Waals surface area contributed by atoms with E-state index in [1.54, 1.807) is 36.0 Å². The molecule has 0 radical (unpaired) electrons. The van der Waals surface area contributed by atoms with Gasteiger partial charge in [0, 0.05) is 24.2 Å². The summed E-state index contributed by atoms with van der Waals surface area (Å²) < 4.78 is 10.2. The Kier molecular flexibility index (Phi) is 13.5. The van der Waals surface area contributed by atoms with Crippen molar-refractivity contribution in [3.05, 3.63) is 155 Å². The highest BCUT2D eigenvalue weighted by molar-refractivity contribution is 5.88. The zero-order chi connectivity index (χ0) is 44.4. The smallest absolute Gasteiger partial charge is 0.408 e. The number of nitrogens with one attached hydrogen (secondary N) is 4. The molecule has 4 N–H and O–H groups in total. The van der Waals surface area contributed by atoms with Crippen LogP contribution in [-0.4, -0.2) is 80.0 Å². The van der Waals surface area contributed by atoms with Gasteiger partial charge in [-0.05, 0) is 86.1 Å². The zero-order valence-corrected chi connectivity index (χ0v) is 35.8. The topological polar surface area (TPSA) is 175 Å². The molecule has 2 aliphatic rings. The number of aromatic amines is 2. The van der Waals surface area contributed by atoms with Crippen LogP contribution in [0.25, 0.3) is 22.5 Å². The van der Waals surface area contributed by atoms with Crippen LogP contribution in [0, 0.1) is 11.8 Å². The second-order valence-corrected chi connectivity index (χ2v) is 15.6. The number of H-pyrrole nitrogens is 2. The van der Waals surface area contributed by atoms with Gasteiger partial charge in [0.2, 0.25) is 0 Å². The molecule has 2 saturated heterocycles. The molecule has 4 heterocycles. The summed E-state index contributed by atoms with van der Waals surface area (Å²) in [6.07, 6.45) is 5.39. The highest BCUT2D eigenvalue weighted by Crippen LogP contribution is 2.36. The fraction of sp³-hybridized carbons (Fsp3) is 0.280. The van der Waals surface area contributed by atoms with Crippen molar-refractivity contribution in [3.63, 3.8) is 0 Å². The number of alkyl carbamates (subject to hydrolysis) is 2. The largest absolute Gasteiger partial charge is 0.450 e. The molecule has 0 bridgehead atoms. The molecule has 2 aliphatic heterocycles. The highest BCUT2D eigenvalue weighted by Gasteiger charge is 2.38. The molecule has 2 aromatic heterocycles. The Balaban J connectivity index is 0.898. The first-order chi connectivity index (χ1) is 31.3. The summed E-state index contributed by atoms with van der Waals surface area (Å²) in [7, 11) is 0. The van der Waals surface area contributed by atoms with E-state index in [1.165, 1.54) is 0 Å². The van der Waals surface area contributed by atoms with E-state index in [-0.39, 0.29) is 37.1 Å². The number of hydrogen-bond acceptors (Lipinski definition) is 8. The van der Waals surface area contributed by atoms with Crippen molar-refractivity contribution in [1.29, 1.82) is 0 Å². The number of amides is 4. The predicted octanol–water partition coefficient (Wildman–Crippen LogP) is 8.17. The van der Waals surface area contributed by atoms with E-state index in [0.717, 1.165) is 59.3 Å². The number of aromatic nitrogens is 4. The van der Waals surface area contributed by atoms with Gasteiger partial charge in [0.1, 0.15) is 23.7 Å². The van der Waals surface area contributed by atoms with Gasteiger partial charge in [-0.2, -0.15) is 0 Å². The lowest BCUT2D eigenvalue weighted by molar-refractivity contribution is -0.135. The molecule has 6 aromatic rings. The van der Waals surface area contributed by atoms with Crippen LogP contribution in [-0.2, 0) is 19.1 Å². The third-order valence-corrected chi connectivity index (χ3v) is 11.5. The number of benzene rings is 4. The maximum absolute atomic E-state index is 14.0. The summed E-state index contributed by atoms with van der Waals surface area (Å²) in [5, 5.41) is 5.51. The van der Waals surface area contributed by atoms with Crippen LogP contribution in [0.1, 0.15) is 97.6 Å². The number of carbonyl (C=O) groups is 4. The fourth-order valence-corrected chi connectivity index (χ4v) is 8.32. The Bertz CT molecular complexity index is 2440. The highest BCUT2D eigenvalue weighted by atomic mass is 16.6. The molecule has 2 fully saturated rings. The molecule has 326 valence electrons. The van der Waals surface area contributed by atoms with Gasteiger partial charge in [-0.1, -0.05) is 96.8 Å². The normalized spacial score (nSPS) is 16.6. The van der Waals surface area contributed by atoms with Crippen molar-refractivity contribution < 1.29 is 28.7 Å². The van der Waals surface area contributed by atoms with Gasteiger partial charge in [0.25, 0.3) is 11.8 Å². The number of likely N-dealkylation sites (tertiary alicyclic amines) is 2. The second-order valence-electron chi connectivity index (χ2n) is 15.6. The van der Waals surface area contributed by atoms with Crippen LogP contribution in [0.5, 0.6) is 0 Å². The minimum absolute atomic E-state index is 0.201. The summed E-state index contributed by atoms with van der Waals surface area (Å²) >= 11 is 0. The number of rotatable bonds is 12. The van der Waals surface area contributed by atoms with Crippen molar-refractivity contribution in [2.45, 2.75) is 63.7 Å². The quantitative estimate of drug-likeness (QED) is 0.0892. The van der Waals surface area contributed by atoms with Crippen LogP contribution in [0.4, 0.5) is 9.59 Å². The van der Waals surface area contributed by atoms with Gasteiger partial charge < -0.3 is 39.9 Å². The Morgan fingerprint density at radius 1 is 0.609 bits per heavy atom. The molecule has 8 rings (SSSR count). The van der Waals surface area contributed by atoms with Crippen LogP contribution in [0.15, 0.2) is 122 Å². The Labute approximate surface area is 371 Å². The summed E-state index contributed by atoms with van der Waals surface area (Å²) in [6, 6.07) is 31.9. The maximum atomic E-state index is 14.0. The van der Waals surface area contributed by atoms with Gasteiger partial charge in [-0.25, -0.2) is 19.6 Å². The molecule has 0 aliphatic carbocycles. The minimum atomic E-state index is -0.885. The zero-order valence-electron chi connectivity index (χ0n) is 35.8. The molecule has 14 nitrogen and oxygen atoms in total. The molecule has 64 heavy (non-hydrogen) atoms. The maximum Gasteiger partial charge on any atom is 0.408 e. The standard InChI is InChI=1S/C50H50N8O6/c1-3-63-49(61)55-43(37-13-7-5-8-14-37)47(59)57-29-11-17-41(57)45-51-31-39(53-45)35-25-21-33(22-26-35)19-20-34-23-27-36(28-24-34)40-32-52-46(54-40)42-18-12-30-58(42)48(60)44(56-50(62)64-4-2)38-15-9-6-10-16-38/h5-10,13-16,21-28,31-32,41-44H,3-4,11-12,17-18,29-30H2,1-2H3,(H,51,53)(H,52,54)(H,55,61)(H,56,62)/t41-,42-,43+,44+/m0/s1. The third-order valence-electron chi connectivity index (χ3n) is 11.5. The molecular formula is C50H50N8O6. The van der Waals surface area contributed by atoms with Gasteiger partial charge in [0.05, 0.1) is 49.1 Å². The van der Waals surface area contributed by atoms with Gasteiger partial charge in [0.15, 0.2) is 0 Å². The predicted molar refractivity (Wildman–Crippen MR) is 240 cm³/mol. The second kappa shape index (κ2) is 20.0. The Hall–Kier alpha value is -7.66. The summed E-state index contributed by atoms with van der Waals surface area (Å²) in [6.45, 7) is 4.94. The summed E-state index contributed by atoms with van der Waals surface area (Å²) in [5.41, 5.74) is 6.58. The average molecular weight is 859 g/mol. The van der Waals surface area contributed by atoms with Gasteiger partial charge >= 0.3 is 12.2 Å². The van der Waals surface area contributed by atoms with Crippen molar-refractivity contribution in [2.75, 3.05) is 26.3 Å². The fourth-order valence-electron chi connectivity index (χ4n) is 8.32. The van der Waals surface area contributed by atoms with E-state index in [9.17, 15) is 19.2 Å². The number of carbonyl (C=O) groups excluding carboxylic acids is 4. The SMILES string of the molecule is CCOC(=O)N[C@@H](C(=O)N1CCC[C@H]1c1ncc(-c2ccc(C#Cc3ccc(-c4cnc([C@@H]5CCCN5C(=O)[C@H](NC(=O)OCC)c5ccccc5)[nH]4)cc3)cc2)[nH]1)c1ccccc1. The first kappa shape index (κ1) is 43.0. The first-order valence-electron chi connectivity index (χ1n) is 21.7. The van der Waals surface area contributed by atoms with E-state index in [2.05, 4.69) is 32.4 Å². The minimum Gasteiger partial charge on any atom is -0.450 e. The Morgan fingerprint density at radius 3 is 1.38 bits per heavy atom. The Morgan fingerprint density at radius 2 is 1.00 bits per heavy atom. The first-order valence-corrected chi connectivity index (χ1v) is 21.7. The summed E-state index contributed by atoms with van der Waals surface area (Å²) in [5.74, 6) is 7.47. The van der Waals surface area contributed by atoms with Crippen molar-refractivity contribution in [1.82, 2.24) is 40.4 Å². The van der Waals surface area contributed by atoms with E-state index in [0.29, 0.717) is 35.9 Å². The number of nitrogens with zero attached hydrogens (tertiary/aromatic N) is 4. The number of hydrogen-bond donors (Lipinski definition) is 4. The number of imidazole rings is 2. The third kappa shape index (κ3) is 9.84. The van der Waals surface area contributed by atoms with Gasteiger partial charge in [-0.15, -0.1) is 0 Å². The lowest BCUT2D eigenvalue weighted by Crippen LogP contribution is -2.43. The monoisotopic (exact) mass is 858 g/mol. The van der Waals surface area contributed by atoms with Crippen LogP contribution < -0.4 is 10.6 Å². The van der Waals surface area contributed by atoms with E-state index in [4.69, 9.17) is 19.4 Å². The van der Waals surface area contributed by atoms with Crippen LogP contribution >= 0.6 is 0 Å².